The van der Waals surface area contributed by atoms with Gasteiger partial charge in [-0.1, -0.05) is 127 Å². The van der Waals surface area contributed by atoms with Crippen LogP contribution >= 0.6 is 11.3 Å². The van der Waals surface area contributed by atoms with Crippen molar-refractivity contribution in [1.29, 1.82) is 0 Å². The fourth-order valence-electron chi connectivity index (χ4n) is 8.75. The molecule has 0 bridgehead atoms. The summed E-state index contributed by atoms with van der Waals surface area (Å²) in [6.07, 6.45) is 0. The van der Waals surface area contributed by atoms with E-state index in [0.29, 0.717) is 0 Å². The van der Waals surface area contributed by atoms with Crippen LogP contribution in [-0.2, 0) is 5.41 Å². The quantitative estimate of drug-likeness (QED) is 0.188. The summed E-state index contributed by atoms with van der Waals surface area (Å²) in [7, 11) is 0. The molecule has 0 atom stereocenters. The summed E-state index contributed by atoms with van der Waals surface area (Å²) in [6.45, 7) is 0. The van der Waals surface area contributed by atoms with Crippen LogP contribution in [-0.4, -0.2) is 0 Å². The molecule has 1 aromatic heterocycles. The van der Waals surface area contributed by atoms with Crippen LogP contribution in [0.1, 0.15) is 22.3 Å². The van der Waals surface area contributed by atoms with Crippen molar-refractivity contribution in [3.05, 3.63) is 198 Å². The van der Waals surface area contributed by atoms with Crippen LogP contribution in [0.15, 0.2) is 176 Å². The topological polar surface area (TPSA) is 12.5 Å². The number of benzene rings is 8. The fourth-order valence-corrected chi connectivity index (χ4v) is 9.89. The summed E-state index contributed by atoms with van der Waals surface area (Å²) < 4.78 is 9.23. The smallest absolute Gasteiger partial charge is 0.132 e. The molecule has 50 heavy (non-hydrogen) atoms. The summed E-state index contributed by atoms with van der Waals surface area (Å²) in [5.74, 6) is 1.81. The molecule has 8 aromatic carbocycles. The Morgan fingerprint density at radius 3 is 1.88 bits per heavy atom. The van der Waals surface area contributed by atoms with Crippen LogP contribution in [0.5, 0.6) is 11.5 Å². The Morgan fingerprint density at radius 2 is 1.06 bits per heavy atom. The van der Waals surface area contributed by atoms with Crippen molar-refractivity contribution in [2.24, 2.45) is 0 Å². The van der Waals surface area contributed by atoms with E-state index in [1.54, 1.807) is 0 Å². The van der Waals surface area contributed by atoms with E-state index in [-0.39, 0.29) is 0 Å². The highest BCUT2D eigenvalue weighted by Crippen LogP contribution is 2.61. The maximum atomic E-state index is 6.63. The second kappa shape index (κ2) is 10.4. The van der Waals surface area contributed by atoms with E-state index in [9.17, 15) is 0 Å². The Morgan fingerprint density at radius 1 is 0.420 bits per heavy atom. The van der Waals surface area contributed by atoms with Crippen LogP contribution in [0.3, 0.4) is 0 Å². The summed E-state index contributed by atoms with van der Waals surface area (Å²) in [5, 5.41) is 5.11. The molecule has 0 unspecified atom stereocenters. The van der Waals surface area contributed by atoms with Crippen molar-refractivity contribution >= 4 is 59.3 Å². The first-order valence-corrected chi connectivity index (χ1v) is 17.9. The van der Waals surface area contributed by atoms with E-state index >= 15 is 0 Å². The average molecular weight is 656 g/mol. The minimum atomic E-state index is -0.555. The lowest BCUT2D eigenvalue weighted by Gasteiger charge is -2.45. The molecule has 1 spiro atoms. The third-order valence-corrected chi connectivity index (χ3v) is 11.9. The Balaban J connectivity index is 1.24. The van der Waals surface area contributed by atoms with Crippen molar-refractivity contribution in [3.8, 4) is 22.6 Å². The highest BCUT2D eigenvalue weighted by Gasteiger charge is 2.49. The minimum Gasteiger partial charge on any atom is -0.457 e. The van der Waals surface area contributed by atoms with E-state index in [1.165, 1.54) is 64.3 Å². The number of anilines is 3. The van der Waals surface area contributed by atoms with Crippen molar-refractivity contribution in [2.45, 2.75) is 5.41 Å². The highest BCUT2D eigenvalue weighted by molar-refractivity contribution is 7.25. The average Bonchev–Trinajstić information content (AvgIpc) is 3.55. The van der Waals surface area contributed by atoms with Gasteiger partial charge in [0.25, 0.3) is 0 Å². The Hall–Kier alpha value is -6.16. The Labute approximate surface area is 294 Å². The fraction of sp³-hybridized carbons (Fsp3) is 0.0213. The molecule has 1 aliphatic carbocycles. The predicted molar refractivity (Wildman–Crippen MR) is 209 cm³/mol. The van der Waals surface area contributed by atoms with Crippen LogP contribution in [0.2, 0.25) is 0 Å². The number of nitrogens with zero attached hydrogens (tertiary/aromatic N) is 1. The maximum absolute atomic E-state index is 6.63. The summed E-state index contributed by atoms with van der Waals surface area (Å²) in [6, 6.07) is 64.2. The molecule has 11 rings (SSSR count). The van der Waals surface area contributed by atoms with Gasteiger partial charge in [0, 0.05) is 48.1 Å². The van der Waals surface area contributed by atoms with Gasteiger partial charge < -0.3 is 9.64 Å². The zero-order chi connectivity index (χ0) is 32.8. The molecule has 3 heteroatoms. The van der Waals surface area contributed by atoms with Crippen LogP contribution in [0.4, 0.5) is 17.1 Å². The van der Waals surface area contributed by atoms with E-state index in [1.807, 2.05) is 11.3 Å². The SMILES string of the molecule is c1ccc(N(c2ccc3c(c2)sc2ccccc23)c2ccc3c4c(cccc24)C2(c4ccccc4Oc4ccccc42)c2ccccc2-3)cc1. The first kappa shape index (κ1) is 27.8. The summed E-state index contributed by atoms with van der Waals surface area (Å²) in [5.41, 5.74) is 10.3. The van der Waals surface area contributed by atoms with Gasteiger partial charge in [-0.3, -0.25) is 0 Å². The van der Waals surface area contributed by atoms with Gasteiger partial charge in [-0.15, -0.1) is 11.3 Å². The molecule has 1 aliphatic heterocycles. The monoisotopic (exact) mass is 655 g/mol. The van der Waals surface area contributed by atoms with Crippen molar-refractivity contribution < 1.29 is 4.74 Å². The highest BCUT2D eigenvalue weighted by atomic mass is 32.1. The Bertz CT molecular complexity index is 2770. The molecular weight excluding hydrogens is 627 g/mol. The van der Waals surface area contributed by atoms with Gasteiger partial charge in [0.2, 0.25) is 0 Å². The molecular formula is C47H29NOS. The lowest BCUT2D eigenvalue weighted by atomic mass is 9.58. The molecule has 2 nitrogen and oxygen atoms in total. The molecule has 9 aromatic rings. The van der Waals surface area contributed by atoms with Gasteiger partial charge in [-0.25, -0.2) is 0 Å². The van der Waals surface area contributed by atoms with E-state index in [2.05, 4.69) is 181 Å². The van der Waals surface area contributed by atoms with Crippen molar-refractivity contribution in [3.63, 3.8) is 0 Å². The number of hydrogen-bond donors (Lipinski definition) is 0. The molecule has 0 saturated carbocycles. The molecule has 0 radical (unpaired) electrons. The van der Waals surface area contributed by atoms with Crippen LogP contribution < -0.4 is 9.64 Å². The third kappa shape index (κ3) is 3.67. The van der Waals surface area contributed by atoms with Crippen LogP contribution in [0, 0.1) is 0 Å². The van der Waals surface area contributed by atoms with Crippen molar-refractivity contribution in [1.82, 2.24) is 0 Å². The minimum absolute atomic E-state index is 0.555. The zero-order valence-electron chi connectivity index (χ0n) is 27.0. The molecule has 0 N–H and O–H groups in total. The standard InChI is InChI=1S/C47H29NOS/c1-2-13-30(14-3-1)48(31-25-26-34-33-16-5-11-24-44(33)50-45(34)29-31)41-28-27-35-32-15-4-6-18-37(32)47(40-21-12-17-36(41)46(35)40)38-19-7-9-22-42(38)49-43-23-10-8-20-39(43)47/h1-29H. The number of para-hydroxylation sites is 3. The Kier molecular flexibility index (Phi) is 5.78. The summed E-state index contributed by atoms with van der Waals surface area (Å²) in [4.78, 5) is 2.44. The normalized spacial score (nSPS) is 13.5. The van der Waals surface area contributed by atoms with E-state index in [0.717, 1.165) is 28.6 Å². The van der Waals surface area contributed by atoms with Crippen LogP contribution in [0.25, 0.3) is 42.1 Å². The molecule has 0 fully saturated rings. The number of ether oxygens (including phenoxy) is 1. The third-order valence-electron chi connectivity index (χ3n) is 10.7. The first-order chi connectivity index (χ1) is 24.8. The summed E-state index contributed by atoms with van der Waals surface area (Å²) >= 11 is 1.86. The maximum Gasteiger partial charge on any atom is 0.132 e. The van der Waals surface area contributed by atoms with Gasteiger partial charge in [0.1, 0.15) is 11.5 Å². The number of rotatable bonds is 3. The lowest BCUT2D eigenvalue weighted by molar-refractivity contribution is 0.435. The molecule has 234 valence electrons. The van der Waals surface area contributed by atoms with Gasteiger partial charge in [-0.05, 0) is 76.2 Å². The second-order valence-corrected chi connectivity index (χ2v) is 14.3. The molecule has 0 saturated heterocycles. The predicted octanol–water partition coefficient (Wildman–Crippen LogP) is 13.1. The lowest BCUT2D eigenvalue weighted by Crippen LogP contribution is -2.36. The largest absolute Gasteiger partial charge is 0.457 e. The molecule has 2 aliphatic rings. The van der Waals surface area contributed by atoms with Gasteiger partial charge in [0.15, 0.2) is 0 Å². The molecule has 0 amide bonds. The van der Waals surface area contributed by atoms with Gasteiger partial charge in [-0.2, -0.15) is 0 Å². The number of thiophene rings is 1. The van der Waals surface area contributed by atoms with Crippen molar-refractivity contribution in [2.75, 3.05) is 4.90 Å². The van der Waals surface area contributed by atoms with Gasteiger partial charge in [0.05, 0.1) is 11.1 Å². The first-order valence-electron chi connectivity index (χ1n) is 17.1. The molecule has 2 heterocycles. The van der Waals surface area contributed by atoms with E-state index in [4.69, 9.17) is 4.74 Å². The number of hydrogen-bond acceptors (Lipinski definition) is 3. The second-order valence-electron chi connectivity index (χ2n) is 13.2. The zero-order valence-corrected chi connectivity index (χ0v) is 27.8. The van der Waals surface area contributed by atoms with Gasteiger partial charge >= 0.3 is 0 Å². The van der Waals surface area contributed by atoms with E-state index < -0.39 is 5.41 Å². The number of fused-ring (bicyclic) bond motifs is 11.